The number of benzene rings is 6. The number of rotatable bonds is 4. The zero-order valence-electron chi connectivity index (χ0n) is 23.1. The van der Waals surface area contributed by atoms with Crippen LogP contribution in [-0.2, 0) is 0 Å². The highest BCUT2D eigenvalue weighted by Crippen LogP contribution is 2.46. The number of aromatic nitrogens is 1. The smallest absolute Gasteiger partial charge is 0.0705 e. The maximum Gasteiger partial charge on any atom is 0.0705 e. The first-order chi connectivity index (χ1) is 19.6. The molecule has 0 saturated heterocycles. The molecule has 0 N–H and O–H groups in total. The SMILES string of the molecule is Cc1cccc(-c2cccc(-c3c4ccccc4c(-c4ccc(C(C)C)c5ccccc45)c4ccccc34)c2)n1. The molecule has 0 aliphatic heterocycles. The van der Waals surface area contributed by atoms with Crippen LogP contribution in [0.25, 0.3) is 65.8 Å². The third-order valence-electron chi connectivity index (χ3n) is 8.12. The molecule has 0 unspecified atom stereocenters. The lowest BCUT2D eigenvalue weighted by atomic mass is 9.83. The summed E-state index contributed by atoms with van der Waals surface area (Å²) in [6, 6.07) is 46.4. The van der Waals surface area contributed by atoms with E-state index in [-0.39, 0.29) is 0 Å². The summed E-state index contributed by atoms with van der Waals surface area (Å²) in [6.07, 6.45) is 0. The van der Waals surface area contributed by atoms with Crippen molar-refractivity contribution in [2.45, 2.75) is 26.7 Å². The van der Waals surface area contributed by atoms with Gasteiger partial charge in [0.2, 0.25) is 0 Å². The molecule has 0 aliphatic rings. The molecule has 0 bridgehead atoms. The van der Waals surface area contributed by atoms with Gasteiger partial charge >= 0.3 is 0 Å². The fraction of sp³-hybridized carbons (Fsp3) is 0.103. The van der Waals surface area contributed by atoms with Crippen LogP contribution >= 0.6 is 0 Å². The molecule has 0 atom stereocenters. The first-order valence-electron chi connectivity index (χ1n) is 14.1. The summed E-state index contributed by atoms with van der Waals surface area (Å²) in [5, 5.41) is 7.73. The van der Waals surface area contributed by atoms with Crippen molar-refractivity contribution in [2.24, 2.45) is 0 Å². The number of aryl methyl sites for hydroxylation is 1. The van der Waals surface area contributed by atoms with E-state index >= 15 is 0 Å². The van der Waals surface area contributed by atoms with Gasteiger partial charge in [0.25, 0.3) is 0 Å². The summed E-state index contributed by atoms with van der Waals surface area (Å²) in [4.78, 5) is 4.80. The molecule has 1 heterocycles. The third kappa shape index (κ3) is 3.98. The Kier molecular flexibility index (Phi) is 5.94. The molecule has 40 heavy (non-hydrogen) atoms. The van der Waals surface area contributed by atoms with E-state index < -0.39 is 0 Å². The molecular weight excluding hydrogens is 482 g/mol. The average Bonchev–Trinajstić information content (AvgIpc) is 2.99. The van der Waals surface area contributed by atoms with Gasteiger partial charge in [0.05, 0.1) is 5.69 Å². The van der Waals surface area contributed by atoms with Crippen LogP contribution in [0.5, 0.6) is 0 Å². The molecule has 0 amide bonds. The van der Waals surface area contributed by atoms with Gasteiger partial charge in [0, 0.05) is 11.3 Å². The minimum absolute atomic E-state index is 0.463. The zero-order chi connectivity index (χ0) is 27.2. The Morgan fingerprint density at radius 3 is 1.65 bits per heavy atom. The number of pyridine rings is 1. The Bertz CT molecular complexity index is 1990. The van der Waals surface area contributed by atoms with Crippen molar-refractivity contribution in [3.05, 3.63) is 139 Å². The van der Waals surface area contributed by atoms with Crippen molar-refractivity contribution in [3.8, 4) is 33.5 Å². The van der Waals surface area contributed by atoms with E-state index in [4.69, 9.17) is 4.98 Å². The quantitative estimate of drug-likeness (QED) is 0.213. The standard InChI is InChI=1S/C39H31N/c1-25(2)29-22-23-36(31-16-5-4-15-30(29)31)39-34-19-8-6-17-32(34)38(33-18-7-9-20-35(33)39)28-14-11-13-27(24-28)37-21-10-12-26(3)40-37/h4-25H,1-3H3. The molecule has 0 spiro atoms. The van der Waals surface area contributed by atoms with Crippen LogP contribution in [0.15, 0.2) is 127 Å². The minimum Gasteiger partial charge on any atom is -0.253 e. The maximum atomic E-state index is 4.80. The summed E-state index contributed by atoms with van der Waals surface area (Å²) >= 11 is 0. The van der Waals surface area contributed by atoms with E-state index in [0.29, 0.717) is 5.92 Å². The Hall–Kier alpha value is -4.75. The second kappa shape index (κ2) is 9.77. The molecule has 0 radical (unpaired) electrons. The number of fused-ring (bicyclic) bond motifs is 3. The number of hydrogen-bond donors (Lipinski definition) is 0. The normalized spacial score (nSPS) is 11.6. The van der Waals surface area contributed by atoms with E-state index in [1.165, 1.54) is 60.1 Å². The van der Waals surface area contributed by atoms with Crippen LogP contribution < -0.4 is 0 Å². The number of hydrogen-bond acceptors (Lipinski definition) is 1. The lowest BCUT2D eigenvalue weighted by molar-refractivity contribution is 0.876. The van der Waals surface area contributed by atoms with E-state index in [1.54, 1.807) is 0 Å². The van der Waals surface area contributed by atoms with Crippen molar-refractivity contribution >= 4 is 32.3 Å². The first-order valence-corrected chi connectivity index (χ1v) is 14.1. The first kappa shape index (κ1) is 24.3. The van der Waals surface area contributed by atoms with Gasteiger partial charge in [0.1, 0.15) is 0 Å². The Morgan fingerprint density at radius 2 is 1.02 bits per heavy atom. The highest BCUT2D eigenvalue weighted by atomic mass is 14.7. The van der Waals surface area contributed by atoms with Gasteiger partial charge < -0.3 is 0 Å². The summed E-state index contributed by atoms with van der Waals surface area (Å²) < 4.78 is 0. The second-order valence-corrected chi connectivity index (χ2v) is 11.0. The molecule has 1 nitrogen and oxygen atoms in total. The van der Waals surface area contributed by atoms with Crippen LogP contribution in [0.2, 0.25) is 0 Å². The van der Waals surface area contributed by atoms with Crippen molar-refractivity contribution in [3.63, 3.8) is 0 Å². The topological polar surface area (TPSA) is 12.9 Å². The molecule has 1 aromatic heterocycles. The van der Waals surface area contributed by atoms with E-state index in [2.05, 4.69) is 135 Å². The summed E-state index contributed by atoms with van der Waals surface area (Å²) in [7, 11) is 0. The molecular formula is C39H31N. The molecule has 6 aromatic carbocycles. The second-order valence-electron chi connectivity index (χ2n) is 11.0. The monoisotopic (exact) mass is 513 g/mol. The Balaban J connectivity index is 1.57. The molecule has 0 aliphatic carbocycles. The van der Waals surface area contributed by atoms with Gasteiger partial charge in [0.15, 0.2) is 0 Å². The molecule has 7 rings (SSSR count). The highest BCUT2D eigenvalue weighted by molar-refractivity contribution is 6.23. The van der Waals surface area contributed by atoms with Gasteiger partial charge in [-0.3, -0.25) is 4.98 Å². The maximum absolute atomic E-state index is 4.80. The third-order valence-corrected chi connectivity index (χ3v) is 8.12. The summed E-state index contributed by atoms with van der Waals surface area (Å²) in [6.45, 7) is 6.60. The lowest BCUT2D eigenvalue weighted by Gasteiger charge is -2.20. The van der Waals surface area contributed by atoms with Crippen LogP contribution in [0, 0.1) is 6.92 Å². The molecule has 0 fully saturated rings. The van der Waals surface area contributed by atoms with Gasteiger partial charge in [-0.1, -0.05) is 123 Å². The fourth-order valence-corrected chi connectivity index (χ4v) is 6.31. The van der Waals surface area contributed by atoms with Crippen molar-refractivity contribution < 1.29 is 0 Å². The lowest BCUT2D eigenvalue weighted by Crippen LogP contribution is -1.94. The van der Waals surface area contributed by atoms with E-state index in [0.717, 1.165) is 17.0 Å². The van der Waals surface area contributed by atoms with Gasteiger partial charge in [-0.25, -0.2) is 0 Å². The van der Waals surface area contributed by atoms with Gasteiger partial charge in [-0.05, 0) is 91.2 Å². The minimum atomic E-state index is 0.463. The van der Waals surface area contributed by atoms with Crippen LogP contribution in [0.4, 0.5) is 0 Å². The van der Waals surface area contributed by atoms with Gasteiger partial charge in [-0.2, -0.15) is 0 Å². The summed E-state index contributed by atoms with van der Waals surface area (Å²) in [5.41, 5.74) is 9.63. The van der Waals surface area contributed by atoms with Crippen molar-refractivity contribution in [1.82, 2.24) is 4.98 Å². The van der Waals surface area contributed by atoms with Crippen LogP contribution in [0.1, 0.15) is 31.0 Å². The van der Waals surface area contributed by atoms with Crippen molar-refractivity contribution in [2.75, 3.05) is 0 Å². The van der Waals surface area contributed by atoms with Crippen molar-refractivity contribution in [1.29, 1.82) is 0 Å². The summed E-state index contributed by atoms with van der Waals surface area (Å²) in [5.74, 6) is 0.463. The molecule has 7 aromatic rings. The van der Waals surface area contributed by atoms with Crippen LogP contribution in [-0.4, -0.2) is 4.98 Å². The Morgan fingerprint density at radius 1 is 0.475 bits per heavy atom. The van der Waals surface area contributed by atoms with Gasteiger partial charge in [-0.15, -0.1) is 0 Å². The predicted molar refractivity (Wildman–Crippen MR) is 172 cm³/mol. The largest absolute Gasteiger partial charge is 0.253 e. The number of nitrogens with zero attached hydrogens (tertiary/aromatic N) is 1. The average molecular weight is 514 g/mol. The van der Waals surface area contributed by atoms with E-state index in [1.807, 2.05) is 13.0 Å². The van der Waals surface area contributed by atoms with Crippen LogP contribution in [0.3, 0.4) is 0 Å². The zero-order valence-corrected chi connectivity index (χ0v) is 23.1. The molecule has 0 saturated carbocycles. The fourth-order valence-electron chi connectivity index (χ4n) is 6.31. The highest BCUT2D eigenvalue weighted by Gasteiger charge is 2.19. The van der Waals surface area contributed by atoms with E-state index in [9.17, 15) is 0 Å². The predicted octanol–water partition coefficient (Wildman–Crippen LogP) is 11.0. The molecule has 192 valence electrons. The Labute approximate surface area is 235 Å². The molecule has 1 heteroatoms.